The van der Waals surface area contributed by atoms with E-state index < -0.39 is 0 Å². The van der Waals surface area contributed by atoms with E-state index in [1.165, 1.54) is 5.56 Å². The molecular formula is C26H33N3OS. The van der Waals surface area contributed by atoms with Gasteiger partial charge in [0.15, 0.2) is 5.16 Å². The van der Waals surface area contributed by atoms with Gasteiger partial charge in [-0.25, -0.2) is 4.98 Å². The molecule has 4 nitrogen and oxygen atoms in total. The van der Waals surface area contributed by atoms with Gasteiger partial charge in [-0.15, -0.1) is 12.3 Å². The van der Waals surface area contributed by atoms with Crippen LogP contribution in [0.4, 0.5) is 0 Å². The Morgan fingerprint density at radius 2 is 2.06 bits per heavy atom. The van der Waals surface area contributed by atoms with Gasteiger partial charge in [0.05, 0.1) is 5.35 Å². The second-order valence-corrected chi connectivity index (χ2v) is 8.31. The molecule has 5 heteroatoms. The highest BCUT2D eigenvalue weighted by Crippen LogP contribution is 2.33. The number of rotatable bonds is 11. The van der Waals surface area contributed by atoms with Gasteiger partial charge in [0.25, 0.3) is 0 Å². The quantitative estimate of drug-likeness (QED) is 0.324. The number of aryl methyl sites for hydroxylation is 2. The molecule has 1 heterocycles. The molecule has 0 saturated carbocycles. The number of allylic oxidation sites excluding steroid dienone is 1. The molecule has 2 aromatic rings. The summed E-state index contributed by atoms with van der Waals surface area (Å²) in [7, 11) is 1.92. The summed E-state index contributed by atoms with van der Waals surface area (Å²) in [5.41, 5.74) is 3.33. The Hall–Kier alpha value is -2.84. The zero-order valence-corrected chi connectivity index (χ0v) is 19.9. The summed E-state index contributed by atoms with van der Waals surface area (Å²) in [5, 5.41) is 6.17. The van der Waals surface area contributed by atoms with Gasteiger partial charge < -0.3 is 14.6 Å². The van der Waals surface area contributed by atoms with Gasteiger partial charge in [-0.2, -0.15) is 0 Å². The second kappa shape index (κ2) is 12.1. The fraction of sp³-hybridized carbons (Fsp3) is 0.346. The topological polar surface area (TPSA) is 39.1 Å². The van der Waals surface area contributed by atoms with E-state index in [1.54, 1.807) is 17.8 Å². The van der Waals surface area contributed by atoms with Crippen LogP contribution in [0.5, 0.6) is 5.75 Å². The van der Waals surface area contributed by atoms with E-state index in [0.717, 1.165) is 63.6 Å². The zero-order valence-electron chi connectivity index (χ0n) is 19.1. The molecule has 1 aromatic heterocycles. The highest BCUT2D eigenvalue weighted by molar-refractivity contribution is 7.99. The van der Waals surface area contributed by atoms with E-state index >= 15 is 0 Å². The van der Waals surface area contributed by atoms with Crippen LogP contribution < -0.4 is 20.8 Å². The molecule has 0 aliphatic carbocycles. The number of terminal acetylenes is 1. The first-order valence-corrected chi connectivity index (χ1v) is 11.3. The first kappa shape index (κ1) is 24.4. The van der Waals surface area contributed by atoms with Gasteiger partial charge in [-0.05, 0) is 56.9 Å². The first-order valence-electron chi connectivity index (χ1n) is 10.5. The first-order chi connectivity index (χ1) is 15.0. The molecule has 0 aliphatic heterocycles. The zero-order chi connectivity index (χ0) is 22.8. The molecule has 0 atom stereocenters. The summed E-state index contributed by atoms with van der Waals surface area (Å²) in [5.74, 6) is 3.60. The average molecular weight is 436 g/mol. The van der Waals surface area contributed by atoms with Crippen LogP contribution in [-0.2, 0) is 6.54 Å². The molecule has 0 unspecified atom stereocenters. The number of unbranched alkanes of at least 4 members (excludes halogenated alkanes) is 2. The van der Waals surface area contributed by atoms with Crippen molar-refractivity contribution >= 4 is 23.5 Å². The van der Waals surface area contributed by atoms with Crippen LogP contribution in [0, 0.1) is 26.2 Å². The molecule has 1 aromatic carbocycles. The lowest BCUT2D eigenvalue weighted by atomic mass is 10.1. The molecule has 0 radical (unpaired) electrons. The van der Waals surface area contributed by atoms with Crippen molar-refractivity contribution in [2.75, 3.05) is 13.7 Å². The Labute approximate surface area is 190 Å². The number of imidazole rings is 1. The molecule has 0 amide bonds. The van der Waals surface area contributed by atoms with E-state index in [9.17, 15) is 0 Å². The van der Waals surface area contributed by atoms with Crippen molar-refractivity contribution in [1.82, 2.24) is 14.9 Å². The molecular weight excluding hydrogens is 402 g/mol. The summed E-state index contributed by atoms with van der Waals surface area (Å²) in [6.45, 7) is 15.2. The van der Waals surface area contributed by atoms with E-state index in [-0.39, 0.29) is 0 Å². The van der Waals surface area contributed by atoms with E-state index in [0.29, 0.717) is 6.61 Å². The molecule has 31 heavy (non-hydrogen) atoms. The monoisotopic (exact) mass is 435 g/mol. The van der Waals surface area contributed by atoms with Crippen LogP contribution in [0.1, 0.15) is 37.3 Å². The van der Waals surface area contributed by atoms with Crippen molar-refractivity contribution in [3.8, 4) is 18.1 Å². The predicted molar refractivity (Wildman–Crippen MR) is 133 cm³/mol. The van der Waals surface area contributed by atoms with Crippen LogP contribution in [0.2, 0.25) is 0 Å². The summed E-state index contributed by atoms with van der Waals surface area (Å²) in [4.78, 5) is 6.12. The summed E-state index contributed by atoms with van der Waals surface area (Å²) >= 11 is 1.66. The van der Waals surface area contributed by atoms with Crippen LogP contribution >= 0.6 is 11.8 Å². The standard InChI is InChI=1S/C26H33N3OS/c1-8-11-12-13-15-29-22(14-9-2)25(21(6)27-7)28-26(29)31-24-18-23(30-16-10-3)19(4)17-20(24)5/h1,9-10,14,17-18,27H,2-3,11-13,15-16H2,4-7H3/b22-14+,25-21-. The van der Waals surface area contributed by atoms with E-state index in [1.807, 2.05) is 26.1 Å². The van der Waals surface area contributed by atoms with Gasteiger partial charge in [0.2, 0.25) is 0 Å². The second-order valence-electron chi connectivity index (χ2n) is 7.30. The number of benzene rings is 1. The Bertz CT molecular complexity index is 1090. The lowest BCUT2D eigenvalue weighted by Gasteiger charge is -2.13. The van der Waals surface area contributed by atoms with Crippen molar-refractivity contribution in [2.45, 2.75) is 56.6 Å². The molecule has 0 bridgehead atoms. The highest BCUT2D eigenvalue weighted by atomic mass is 32.2. The maximum atomic E-state index is 5.85. The smallest absolute Gasteiger partial charge is 0.174 e. The maximum Gasteiger partial charge on any atom is 0.174 e. The van der Waals surface area contributed by atoms with Gasteiger partial charge in [0, 0.05) is 30.6 Å². The Morgan fingerprint density at radius 3 is 2.71 bits per heavy atom. The third-order valence-electron chi connectivity index (χ3n) is 4.96. The molecule has 0 spiro atoms. The van der Waals surface area contributed by atoms with Gasteiger partial charge in [0.1, 0.15) is 17.7 Å². The third-order valence-corrected chi connectivity index (χ3v) is 6.11. The van der Waals surface area contributed by atoms with Gasteiger partial charge >= 0.3 is 0 Å². The summed E-state index contributed by atoms with van der Waals surface area (Å²) in [6.07, 6.45) is 13.8. The Kier molecular flexibility index (Phi) is 9.55. The minimum absolute atomic E-state index is 0.483. The van der Waals surface area contributed by atoms with Crippen LogP contribution in [0.15, 0.2) is 47.5 Å². The van der Waals surface area contributed by atoms with E-state index in [4.69, 9.17) is 16.1 Å². The fourth-order valence-electron chi connectivity index (χ4n) is 3.24. The van der Waals surface area contributed by atoms with Crippen molar-refractivity contribution in [3.05, 3.63) is 59.3 Å². The largest absolute Gasteiger partial charge is 0.489 e. The van der Waals surface area contributed by atoms with Crippen LogP contribution in [-0.4, -0.2) is 23.2 Å². The number of hydrogen-bond acceptors (Lipinski definition) is 4. The normalized spacial score (nSPS) is 12.3. The number of aromatic nitrogens is 2. The third kappa shape index (κ3) is 6.32. The number of nitrogens with one attached hydrogen (secondary N) is 1. The van der Waals surface area contributed by atoms with Gasteiger partial charge in [-0.3, -0.25) is 0 Å². The van der Waals surface area contributed by atoms with Crippen molar-refractivity contribution in [3.63, 3.8) is 0 Å². The van der Waals surface area contributed by atoms with Crippen molar-refractivity contribution < 1.29 is 4.74 Å². The minimum atomic E-state index is 0.483. The minimum Gasteiger partial charge on any atom is -0.489 e. The van der Waals surface area contributed by atoms with E-state index in [2.05, 4.69) is 54.9 Å². The molecule has 164 valence electrons. The molecule has 0 saturated heterocycles. The van der Waals surface area contributed by atoms with Crippen molar-refractivity contribution in [1.29, 1.82) is 0 Å². The van der Waals surface area contributed by atoms with Crippen LogP contribution in [0.25, 0.3) is 11.8 Å². The van der Waals surface area contributed by atoms with Gasteiger partial charge in [-0.1, -0.05) is 43.1 Å². The Balaban J connectivity index is 2.57. The molecule has 0 fully saturated rings. The molecule has 0 aliphatic rings. The fourth-order valence-corrected chi connectivity index (χ4v) is 4.26. The summed E-state index contributed by atoms with van der Waals surface area (Å²) in [6, 6.07) is 4.25. The number of ether oxygens (including phenoxy) is 1. The number of hydrogen-bond donors (Lipinski definition) is 1. The summed E-state index contributed by atoms with van der Waals surface area (Å²) < 4.78 is 8.12. The number of nitrogens with zero attached hydrogens (tertiary/aromatic N) is 2. The lowest BCUT2D eigenvalue weighted by molar-refractivity contribution is 0.359. The SMILES string of the molecule is C#CCCCCn1c(Sc2cc(OCC=C)c(C)cc2C)nc(=C(/C)NC)/c1=C\C=C. The molecule has 2 rings (SSSR count). The predicted octanol–water partition coefficient (Wildman–Crippen LogP) is 4.33. The molecule has 1 N–H and O–H groups in total. The maximum absolute atomic E-state index is 5.85. The lowest BCUT2D eigenvalue weighted by Crippen LogP contribution is -2.34. The van der Waals surface area contributed by atoms with Crippen molar-refractivity contribution in [2.24, 2.45) is 0 Å². The highest BCUT2D eigenvalue weighted by Gasteiger charge is 2.14. The van der Waals surface area contributed by atoms with Crippen LogP contribution in [0.3, 0.4) is 0 Å². The average Bonchev–Trinajstić information content (AvgIpc) is 3.09. The Morgan fingerprint density at radius 1 is 1.29 bits per heavy atom.